The van der Waals surface area contributed by atoms with Gasteiger partial charge in [0.1, 0.15) is 0 Å². The maximum atomic E-state index is 10.2. The maximum Gasteiger partial charge on any atom is 0.0667 e. The van der Waals surface area contributed by atoms with Crippen molar-refractivity contribution < 1.29 is 9.84 Å². The van der Waals surface area contributed by atoms with Crippen molar-refractivity contribution >= 4 is 0 Å². The van der Waals surface area contributed by atoms with E-state index in [1.807, 2.05) is 0 Å². The van der Waals surface area contributed by atoms with Crippen LogP contribution in [-0.2, 0) is 18.3 Å². The van der Waals surface area contributed by atoms with Crippen molar-refractivity contribution in [3.05, 3.63) is 24.0 Å². The highest BCUT2D eigenvalue weighted by Crippen LogP contribution is 2.08. The first kappa shape index (κ1) is 17.5. The van der Waals surface area contributed by atoms with E-state index in [9.17, 15) is 5.11 Å². The molecule has 1 aliphatic rings. The highest BCUT2D eigenvalue weighted by molar-refractivity contribution is 5.06. The Labute approximate surface area is 134 Å². The zero-order chi connectivity index (χ0) is 15.8. The SMILES string of the molecule is CCCC(O)CN(CCN1CCOCC1)Cc1cccn1C. The van der Waals surface area contributed by atoms with E-state index in [0.29, 0.717) is 0 Å². The lowest BCUT2D eigenvalue weighted by Crippen LogP contribution is -2.43. The lowest BCUT2D eigenvalue weighted by atomic mass is 10.2. The molecular weight excluding hydrogens is 278 g/mol. The van der Waals surface area contributed by atoms with Gasteiger partial charge in [-0.1, -0.05) is 13.3 Å². The number of rotatable bonds is 9. The molecule has 0 radical (unpaired) electrons. The molecule has 1 atom stereocenters. The summed E-state index contributed by atoms with van der Waals surface area (Å²) in [5.74, 6) is 0. The molecule has 2 rings (SSSR count). The summed E-state index contributed by atoms with van der Waals surface area (Å²) in [7, 11) is 2.08. The third-order valence-electron chi connectivity index (χ3n) is 4.36. The average Bonchev–Trinajstić information content (AvgIpc) is 2.91. The van der Waals surface area contributed by atoms with Crippen LogP contribution in [0.25, 0.3) is 0 Å². The second-order valence-electron chi connectivity index (χ2n) is 6.24. The van der Waals surface area contributed by atoms with E-state index in [1.165, 1.54) is 5.69 Å². The highest BCUT2D eigenvalue weighted by atomic mass is 16.5. The first-order chi connectivity index (χ1) is 10.7. The Balaban J connectivity index is 1.86. The van der Waals surface area contributed by atoms with Crippen LogP contribution in [0.15, 0.2) is 18.3 Å². The van der Waals surface area contributed by atoms with Gasteiger partial charge in [0.15, 0.2) is 0 Å². The number of aliphatic hydroxyl groups is 1. The van der Waals surface area contributed by atoms with Crippen LogP contribution < -0.4 is 0 Å². The molecule has 126 valence electrons. The van der Waals surface area contributed by atoms with Crippen molar-refractivity contribution in [1.29, 1.82) is 0 Å². The lowest BCUT2D eigenvalue weighted by molar-refractivity contribution is 0.0285. The van der Waals surface area contributed by atoms with Crippen LogP contribution >= 0.6 is 0 Å². The van der Waals surface area contributed by atoms with Crippen LogP contribution in [0.3, 0.4) is 0 Å². The lowest BCUT2D eigenvalue weighted by Gasteiger charge is -2.31. The fourth-order valence-corrected chi connectivity index (χ4v) is 2.95. The van der Waals surface area contributed by atoms with Gasteiger partial charge in [-0.3, -0.25) is 9.80 Å². The van der Waals surface area contributed by atoms with Crippen molar-refractivity contribution in [1.82, 2.24) is 14.4 Å². The van der Waals surface area contributed by atoms with E-state index in [2.05, 4.69) is 46.7 Å². The van der Waals surface area contributed by atoms with Gasteiger partial charge in [-0.15, -0.1) is 0 Å². The Hall–Kier alpha value is -0.880. The van der Waals surface area contributed by atoms with Gasteiger partial charge in [0.2, 0.25) is 0 Å². The minimum Gasteiger partial charge on any atom is -0.392 e. The molecule has 1 aromatic rings. The monoisotopic (exact) mass is 309 g/mol. The van der Waals surface area contributed by atoms with E-state index in [0.717, 1.165) is 65.3 Å². The number of aromatic nitrogens is 1. The first-order valence-corrected chi connectivity index (χ1v) is 8.49. The topological polar surface area (TPSA) is 40.9 Å². The van der Waals surface area contributed by atoms with Crippen LogP contribution in [0, 0.1) is 0 Å². The van der Waals surface area contributed by atoms with Crippen molar-refractivity contribution in [2.24, 2.45) is 7.05 Å². The summed E-state index contributed by atoms with van der Waals surface area (Å²) in [5, 5.41) is 10.2. The molecule has 1 N–H and O–H groups in total. The molecule has 0 aliphatic carbocycles. The van der Waals surface area contributed by atoms with E-state index >= 15 is 0 Å². The Morgan fingerprint density at radius 2 is 2.14 bits per heavy atom. The summed E-state index contributed by atoms with van der Waals surface area (Å²) in [6, 6.07) is 4.24. The Kier molecular flexibility index (Phi) is 7.39. The van der Waals surface area contributed by atoms with Crippen LogP contribution in [0.4, 0.5) is 0 Å². The Morgan fingerprint density at radius 1 is 1.36 bits per heavy atom. The summed E-state index contributed by atoms with van der Waals surface area (Å²) < 4.78 is 7.57. The minimum absolute atomic E-state index is 0.227. The molecule has 1 aliphatic heterocycles. The fraction of sp³-hybridized carbons (Fsp3) is 0.765. The fourth-order valence-electron chi connectivity index (χ4n) is 2.95. The molecule has 1 fully saturated rings. The summed E-state index contributed by atoms with van der Waals surface area (Å²) in [4.78, 5) is 4.83. The van der Waals surface area contributed by atoms with Crippen molar-refractivity contribution in [3.63, 3.8) is 0 Å². The number of hydrogen-bond acceptors (Lipinski definition) is 4. The number of aryl methyl sites for hydroxylation is 1. The zero-order valence-electron chi connectivity index (χ0n) is 14.1. The third kappa shape index (κ3) is 5.72. The van der Waals surface area contributed by atoms with Gasteiger partial charge in [-0.25, -0.2) is 0 Å². The molecule has 1 unspecified atom stereocenters. The molecule has 0 saturated carbocycles. The second kappa shape index (κ2) is 9.30. The van der Waals surface area contributed by atoms with Gasteiger partial charge in [0.25, 0.3) is 0 Å². The quantitative estimate of drug-likeness (QED) is 0.747. The summed E-state index contributed by atoms with van der Waals surface area (Å²) in [6.45, 7) is 9.55. The molecule has 0 amide bonds. The first-order valence-electron chi connectivity index (χ1n) is 8.49. The normalized spacial score (nSPS) is 18.0. The van der Waals surface area contributed by atoms with Crippen LogP contribution in [0.5, 0.6) is 0 Å². The van der Waals surface area contributed by atoms with Crippen LogP contribution in [-0.4, -0.2) is 71.5 Å². The molecule has 1 saturated heterocycles. The number of nitrogens with zero attached hydrogens (tertiary/aromatic N) is 3. The van der Waals surface area contributed by atoms with Crippen molar-refractivity contribution in [2.75, 3.05) is 45.9 Å². The van der Waals surface area contributed by atoms with Gasteiger partial charge < -0.3 is 14.4 Å². The van der Waals surface area contributed by atoms with Crippen LogP contribution in [0.2, 0.25) is 0 Å². The molecule has 0 bridgehead atoms. The summed E-state index contributed by atoms with van der Waals surface area (Å²) in [6.07, 6.45) is 3.76. The number of hydrogen-bond donors (Lipinski definition) is 1. The second-order valence-corrected chi connectivity index (χ2v) is 6.24. The highest BCUT2D eigenvalue weighted by Gasteiger charge is 2.16. The number of morpholine rings is 1. The number of aliphatic hydroxyl groups excluding tert-OH is 1. The van der Waals surface area contributed by atoms with Crippen molar-refractivity contribution in [3.8, 4) is 0 Å². The average molecular weight is 309 g/mol. The predicted molar refractivity (Wildman–Crippen MR) is 88.9 cm³/mol. The molecule has 5 nitrogen and oxygen atoms in total. The minimum atomic E-state index is -0.227. The van der Waals surface area contributed by atoms with E-state index in [-0.39, 0.29) is 6.10 Å². The molecular formula is C17H31N3O2. The van der Waals surface area contributed by atoms with Gasteiger partial charge in [-0.05, 0) is 18.6 Å². The van der Waals surface area contributed by atoms with Gasteiger partial charge in [-0.2, -0.15) is 0 Å². The number of ether oxygens (including phenoxy) is 1. The molecule has 1 aromatic heterocycles. The third-order valence-corrected chi connectivity index (χ3v) is 4.36. The Bertz CT molecular complexity index is 416. The molecule has 22 heavy (non-hydrogen) atoms. The van der Waals surface area contributed by atoms with E-state index in [4.69, 9.17) is 4.74 Å². The molecule has 5 heteroatoms. The molecule has 0 spiro atoms. The molecule has 2 heterocycles. The summed E-state index contributed by atoms with van der Waals surface area (Å²) >= 11 is 0. The largest absolute Gasteiger partial charge is 0.392 e. The van der Waals surface area contributed by atoms with E-state index in [1.54, 1.807) is 0 Å². The van der Waals surface area contributed by atoms with Crippen molar-refractivity contribution in [2.45, 2.75) is 32.4 Å². The van der Waals surface area contributed by atoms with Gasteiger partial charge >= 0.3 is 0 Å². The van der Waals surface area contributed by atoms with Gasteiger partial charge in [0, 0.05) is 58.2 Å². The summed E-state index contributed by atoms with van der Waals surface area (Å²) in [5.41, 5.74) is 1.30. The standard InChI is InChI=1S/C17H31N3O2/c1-3-5-17(21)15-20(14-16-6-4-7-18(16)2)9-8-19-10-12-22-13-11-19/h4,6-7,17,21H,3,5,8-15H2,1-2H3. The van der Waals surface area contributed by atoms with Gasteiger partial charge in [0.05, 0.1) is 19.3 Å². The smallest absolute Gasteiger partial charge is 0.0667 e. The Morgan fingerprint density at radius 3 is 2.77 bits per heavy atom. The predicted octanol–water partition coefficient (Wildman–Crippen LogP) is 1.32. The van der Waals surface area contributed by atoms with Crippen LogP contribution in [0.1, 0.15) is 25.5 Å². The van der Waals surface area contributed by atoms with E-state index < -0.39 is 0 Å². The maximum absolute atomic E-state index is 10.2. The zero-order valence-corrected chi connectivity index (χ0v) is 14.1. The molecule has 0 aromatic carbocycles.